The molecule has 2 aromatic rings. The molecule has 0 atom stereocenters. The fourth-order valence-corrected chi connectivity index (χ4v) is 1.96. The fraction of sp³-hybridized carbons (Fsp3) is 0.167. The Labute approximate surface area is 134 Å². The molecule has 0 saturated carbocycles. The number of amides is 1. The predicted octanol–water partition coefficient (Wildman–Crippen LogP) is 3.33. The van der Waals surface area contributed by atoms with Crippen molar-refractivity contribution in [2.24, 2.45) is 0 Å². The molecule has 0 fully saturated rings. The van der Waals surface area contributed by atoms with Crippen LogP contribution in [0.2, 0.25) is 0 Å². The van der Waals surface area contributed by atoms with Crippen LogP contribution in [0.3, 0.4) is 0 Å². The Balaban J connectivity index is 2.03. The minimum atomic E-state index is -0.306. The highest BCUT2D eigenvalue weighted by Gasteiger charge is 2.11. The first-order valence-corrected chi connectivity index (χ1v) is 7.08. The number of carbonyl (C=O) groups is 1. The van der Waals surface area contributed by atoms with E-state index in [1.54, 1.807) is 36.4 Å². The van der Waals surface area contributed by atoms with Gasteiger partial charge in [-0.15, -0.1) is 0 Å². The predicted molar refractivity (Wildman–Crippen MR) is 86.3 cm³/mol. The first-order valence-electron chi connectivity index (χ1n) is 7.08. The van der Waals surface area contributed by atoms with E-state index in [0.717, 1.165) is 5.56 Å². The Bertz CT molecular complexity index is 683. The molecule has 0 unspecified atom stereocenters. The van der Waals surface area contributed by atoms with Gasteiger partial charge in [0.2, 0.25) is 0 Å². The second kappa shape index (κ2) is 7.98. The standard InChI is InChI=1S/C18H18FNO3/c1-3-10-23-16-9-6-14(11-17(16)22-2)18(21)20-12-13-4-7-15(19)8-5-13/h3-9,11H,1,10,12H2,2H3,(H,20,21). The highest BCUT2D eigenvalue weighted by molar-refractivity contribution is 5.94. The smallest absolute Gasteiger partial charge is 0.251 e. The van der Waals surface area contributed by atoms with Crippen molar-refractivity contribution < 1.29 is 18.7 Å². The van der Waals surface area contributed by atoms with Gasteiger partial charge in [0.05, 0.1) is 7.11 Å². The normalized spacial score (nSPS) is 10.0. The SMILES string of the molecule is C=CCOc1ccc(C(=O)NCc2ccc(F)cc2)cc1OC. The van der Waals surface area contributed by atoms with E-state index in [-0.39, 0.29) is 11.7 Å². The lowest BCUT2D eigenvalue weighted by Gasteiger charge is -2.11. The molecule has 0 aliphatic rings. The van der Waals surface area contributed by atoms with Crippen LogP contribution in [0.5, 0.6) is 11.5 Å². The second-order valence-corrected chi connectivity index (χ2v) is 4.77. The summed E-state index contributed by atoms with van der Waals surface area (Å²) >= 11 is 0. The fourth-order valence-electron chi connectivity index (χ4n) is 1.96. The van der Waals surface area contributed by atoms with E-state index in [1.165, 1.54) is 19.2 Å². The van der Waals surface area contributed by atoms with Gasteiger partial charge in [0.25, 0.3) is 5.91 Å². The molecule has 2 rings (SSSR count). The molecule has 0 aliphatic heterocycles. The summed E-state index contributed by atoms with van der Waals surface area (Å²) in [5, 5.41) is 2.77. The van der Waals surface area contributed by atoms with Crippen LogP contribution in [-0.2, 0) is 6.54 Å². The van der Waals surface area contributed by atoms with Crippen LogP contribution in [0.25, 0.3) is 0 Å². The number of rotatable bonds is 7. The lowest BCUT2D eigenvalue weighted by Crippen LogP contribution is -2.22. The Kier molecular flexibility index (Phi) is 5.74. The summed E-state index contributed by atoms with van der Waals surface area (Å²) in [6, 6.07) is 10.9. The van der Waals surface area contributed by atoms with Crippen molar-refractivity contribution in [3.63, 3.8) is 0 Å². The van der Waals surface area contributed by atoms with Gasteiger partial charge < -0.3 is 14.8 Å². The lowest BCUT2D eigenvalue weighted by atomic mass is 10.1. The zero-order valence-electron chi connectivity index (χ0n) is 12.8. The quantitative estimate of drug-likeness (QED) is 0.797. The van der Waals surface area contributed by atoms with Crippen molar-refractivity contribution in [2.45, 2.75) is 6.54 Å². The number of methoxy groups -OCH3 is 1. The van der Waals surface area contributed by atoms with Gasteiger partial charge in [0.1, 0.15) is 12.4 Å². The number of benzene rings is 2. The average molecular weight is 315 g/mol. The summed E-state index contributed by atoms with van der Waals surface area (Å²) in [6.45, 7) is 4.25. The summed E-state index contributed by atoms with van der Waals surface area (Å²) in [4.78, 5) is 12.2. The maximum absolute atomic E-state index is 12.8. The number of carbonyl (C=O) groups excluding carboxylic acids is 1. The Morgan fingerprint density at radius 2 is 1.96 bits per heavy atom. The molecular weight excluding hydrogens is 297 g/mol. The molecule has 0 radical (unpaired) electrons. The van der Waals surface area contributed by atoms with Gasteiger partial charge in [0.15, 0.2) is 11.5 Å². The maximum atomic E-state index is 12.8. The van der Waals surface area contributed by atoms with E-state index in [4.69, 9.17) is 9.47 Å². The van der Waals surface area contributed by atoms with Crippen LogP contribution in [0.15, 0.2) is 55.1 Å². The first kappa shape index (κ1) is 16.5. The number of nitrogens with one attached hydrogen (secondary N) is 1. The molecule has 2 aromatic carbocycles. The van der Waals surface area contributed by atoms with E-state index in [0.29, 0.717) is 30.2 Å². The zero-order valence-corrected chi connectivity index (χ0v) is 12.8. The van der Waals surface area contributed by atoms with E-state index < -0.39 is 0 Å². The molecule has 120 valence electrons. The second-order valence-electron chi connectivity index (χ2n) is 4.77. The Morgan fingerprint density at radius 1 is 1.22 bits per heavy atom. The minimum Gasteiger partial charge on any atom is -0.493 e. The monoisotopic (exact) mass is 315 g/mol. The third-order valence-electron chi connectivity index (χ3n) is 3.15. The van der Waals surface area contributed by atoms with Crippen molar-refractivity contribution in [3.05, 3.63) is 72.1 Å². The molecule has 0 aliphatic carbocycles. The van der Waals surface area contributed by atoms with Crippen LogP contribution in [0.4, 0.5) is 4.39 Å². The summed E-state index contributed by atoms with van der Waals surface area (Å²) in [5.74, 6) is 0.464. The van der Waals surface area contributed by atoms with E-state index in [1.807, 2.05) is 0 Å². The minimum absolute atomic E-state index is 0.247. The zero-order chi connectivity index (χ0) is 16.7. The van der Waals surface area contributed by atoms with Crippen LogP contribution < -0.4 is 14.8 Å². The molecule has 0 heterocycles. The van der Waals surface area contributed by atoms with Gasteiger partial charge in [-0.25, -0.2) is 4.39 Å². The molecule has 0 aromatic heterocycles. The summed E-state index contributed by atoms with van der Waals surface area (Å²) in [6.07, 6.45) is 1.63. The molecule has 5 heteroatoms. The molecule has 4 nitrogen and oxygen atoms in total. The first-order chi connectivity index (χ1) is 11.1. The van der Waals surface area contributed by atoms with Gasteiger partial charge in [0, 0.05) is 12.1 Å². The lowest BCUT2D eigenvalue weighted by molar-refractivity contribution is 0.0950. The third kappa shape index (κ3) is 4.57. The van der Waals surface area contributed by atoms with Gasteiger partial charge >= 0.3 is 0 Å². The molecule has 0 saturated heterocycles. The number of hydrogen-bond donors (Lipinski definition) is 1. The number of halogens is 1. The summed E-state index contributed by atoms with van der Waals surface area (Å²) < 4.78 is 23.5. The van der Waals surface area contributed by atoms with E-state index >= 15 is 0 Å². The van der Waals surface area contributed by atoms with Crippen molar-refractivity contribution >= 4 is 5.91 Å². The highest BCUT2D eigenvalue weighted by atomic mass is 19.1. The average Bonchev–Trinajstić information content (AvgIpc) is 2.59. The third-order valence-corrected chi connectivity index (χ3v) is 3.15. The van der Waals surface area contributed by atoms with Crippen LogP contribution in [0, 0.1) is 5.82 Å². The number of hydrogen-bond acceptors (Lipinski definition) is 3. The molecule has 0 bridgehead atoms. The van der Waals surface area contributed by atoms with E-state index in [9.17, 15) is 9.18 Å². The number of ether oxygens (including phenoxy) is 2. The van der Waals surface area contributed by atoms with Gasteiger partial charge in [-0.2, -0.15) is 0 Å². The van der Waals surface area contributed by atoms with Gasteiger partial charge in [-0.05, 0) is 35.9 Å². The molecule has 0 spiro atoms. The molecule has 23 heavy (non-hydrogen) atoms. The summed E-state index contributed by atoms with van der Waals surface area (Å²) in [7, 11) is 1.51. The van der Waals surface area contributed by atoms with Crippen LogP contribution >= 0.6 is 0 Å². The Morgan fingerprint density at radius 3 is 2.61 bits per heavy atom. The van der Waals surface area contributed by atoms with Crippen molar-refractivity contribution in [1.29, 1.82) is 0 Å². The van der Waals surface area contributed by atoms with Crippen LogP contribution in [-0.4, -0.2) is 19.6 Å². The van der Waals surface area contributed by atoms with Crippen LogP contribution in [0.1, 0.15) is 15.9 Å². The molecular formula is C18H18FNO3. The summed E-state index contributed by atoms with van der Waals surface area (Å²) in [5.41, 5.74) is 1.27. The van der Waals surface area contributed by atoms with Gasteiger partial charge in [-0.1, -0.05) is 24.8 Å². The van der Waals surface area contributed by atoms with E-state index in [2.05, 4.69) is 11.9 Å². The van der Waals surface area contributed by atoms with Crippen molar-refractivity contribution in [1.82, 2.24) is 5.32 Å². The maximum Gasteiger partial charge on any atom is 0.251 e. The van der Waals surface area contributed by atoms with Gasteiger partial charge in [-0.3, -0.25) is 4.79 Å². The van der Waals surface area contributed by atoms with Crippen molar-refractivity contribution in [2.75, 3.05) is 13.7 Å². The Hall–Kier alpha value is -2.82. The molecule has 1 amide bonds. The highest BCUT2D eigenvalue weighted by Crippen LogP contribution is 2.28. The van der Waals surface area contributed by atoms with Crippen molar-refractivity contribution in [3.8, 4) is 11.5 Å². The largest absolute Gasteiger partial charge is 0.493 e. The topological polar surface area (TPSA) is 47.6 Å². The molecule has 1 N–H and O–H groups in total.